The molecular weight excluding hydrogens is 438 g/mol. The van der Waals surface area contributed by atoms with Gasteiger partial charge in [-0.2, -0.15) is 0 Å². The average Bonchev–Trinajstić information content (AvgIpc) is 3.20. The number of nitrogens with zero attached hydrogens (tertiary/aromatic N) is 2. The summed E-state index contributed by atoms with van der Waals surface area (Å²) in [5, 5.41) is 14.0. The van der Waals surface area contributed by atoms with Gasteiger partial charge in [0.05, 0.1) is 17.1 Å². The topological polar surface area (TPSA) is 76.4 Å². The van der Waals surface area contributed by atoms with Crippen LogP contribution in [-0.2, 0) is 22.7 Å². The fourth-order valence-electron chi connectivity index (χ4n) is 5.57. The summed E-state index contributed by atoms with van der Waals surface area (Å²) < 4.78 is 7.27. The Kier molecular flexibility index (Phi) is 8.24. The van der Waals surface area contributed by atoms with Gasteiger partial charge in [0.25, 0.3) is 0 Å². The molecule has 0 unspecified atom stereocenters. The summed E-state index contributed by atoms with van der Waals surface area (Å²) >= 11 is 0. The van der Waals surface area contributed by atoms with E-state index in [0.29, 0.717) is 19.1 Å². The molecule has 0 saturated heterocycles. The van der Waals surface area contributed by atoms with Crippen LogP contribution in [0.25, 0.3) is 11.0 Å². The number of carbonyl (C=O) groups excluding carboxylic acids is 1. The Balaban J connectivity index is 1.49. The zero-order valence-electron chi connectivity index (χ0n) is 21.2. The molecule has 0 spiro atoms. The summed E-state index contributed by atoms with van der Waals surface area (Å²) in [6.07, 6.45) is 4.31. The van der Waals surface area contributed by atoms with E-state index in [1.807, 2.05) is 34.9 Å². The first kappa shape index (κ1) is 25.4. The highest BCUT2D eigenvalue weighted by molar-refractivity contribution is 5.81. The lowest BCUT2D eigenvalue weighted by atomic mass is 9.74. The van der Waals surface area contributed by atoms with Crippen LogP contribution >= 0.6 is 0 Å². The number of imidazole rings is 1. The lowest BCUT2D eigenvalue weighted by Gasteiger charge is -2.34. The summed E-state index contributed by atoms with van der Waals surface area (Å²) in [6, 6.07) is 18.4. The number of aliphatic hydroxyl groups is 1. The zero-order valence-corrected chi connectivity index (χ0v) is 21.2. The molecule has 188 valence electrons. The predicted molar refractivity (Wildman–Crippen MR) is 139 cm³/mol. The van der Waals surface area contributed by atoms with Crippen LogP contribution in [0.2, 0.25) is 0 Å². The van der Waals surface area contributed by atoms with Crippen molar-refractivity contribution in [2.75, 3.05) is 13.7 Å². The minimum atomic E-state index is -0.291. The second kappa shape index (κ2) is 11.4. The van der Waals surface area contributed by atoms with Crippen molar-refractivity contribution in [2.45, 2.75) is 71.1 Å². The first-order valence-corrected chi connectivity index (χ1v) is 12.8. The fourth-order valence-corrected chi connectivity index (χ4v) is 5.57. The second-order valence-electron chi connectivity index (χ2n) is 10.7. The number of aliphatic hydroxyl groups excluding tert-OH is 1. The quantitative estimate of drug-likeness (QED) is 0.499. The van der Waals surface area contributed by atoms with Gasteiger partial charge in [-0.05, 0) is 60.6 Å². The molecule has 0 radical (unpaired) electrons. The van der Waals surface area contributed by atoms with Gasteiger partial charge >= 0.3 is 0 Å². The molecule has 1 fully saturated rings. The maximum absolute atomic E-state index is 13.1. The fraction of sp³-hybridized carbons (Fsp3) is 0.517. The van der Waals surface area contributed by atoms with E-state index >= 15 is 0 Å². The Morgan fingerprint density at radius 2 is 1.91 bits per heavy atom. The van der Waals surface area contributed by atoms with Crippen molar-refractivity contribution >= 4 is 16.9 Å². The molecule has 0 bridgehead atoms. The molecule has 2 N–H and O–H groups in total. The molecule has 0 aliphatic heterocycles. The van der Waals surface area contributed by atoms with Gasteiger partial charge in [0.15, 0.2) is 0 Å². The highest BCUT2D eigenvalue weighted by atomic mass is 16.5. The minimum Gasteiger partial charge on any atom is -0.393 e. The molecule has 1 aromatic heterocycles. The van der Waals surface area contributed by atoms with E-state index in [1.54, 1.807) is 7.11 Å². The Bertz CT molecular complexity index is 1110. The Morgan fingerprint density at radius 3 is 2.69 bits per heavy atom. The molecule has 3 aromatic rings. The molecule has 6 heteroatoms. The first-order chi connectivity index (χ1) is 16.9. The maximum atomic E-state index is 13.1. The third-order valence-corrected chi connectivity index (χ3v) is 7.50. The summed E-state index contributed by atoms with van der Waals surface area (Å²) in [7, 11) is 1.64. The van der Waals surface area contributed by atoms with Crippen LogP contribution < -0.4 is 5.32 Å². The van der Waals surface area contributed by atoms with Gasteiger partial charge in [-0.3, -0.25) is 4.79 Å². The third-order valence-electron chi connectivity index (χ3n) is 7.50. The van der Waals surface area contributed by atoms with E-state index in [-0.39, 0.29) is 29.9 Å². The van der Waals surface area contributed by atoms with Gasteiger partial charge in [0.2, 0.25) is 5.91 Å². The molecule has 1 aliphatic rings. The minimum absolute atomic E-state index is 0.0176. The number of fused-ring (bicyclic) bond motifs is 1. The van der Waals surface area contributed by atoms with Crippen molar-refractivity contribution in [3.63, 3.8) is 0 Å². The number of aromatic nitrogens is 2. The Morgan fingerprint density at radius 1 is 1.17 bits per heavy atom. The zero-order chi connectivity index (χ0) is 24.8. The highest BCUT2D eigenvalue weighted by Gasteiger charge is 2.33. The molecule has 1 amide bonds. The lowest BCUT2D eigenvalue weighted by molar-refractivity contribution is -0.122. The predicted octanol–water partition coefficient (Wildman–Crippen LogP) is 5.05. The standard InChI is InChI=1S/C29H39N3O3/c1-21-13-14-29(2,17-23(16-24(33)15-21)22-9-5-4-6-10-22)20-30-28(34)18-32-26-12-8-7-11-25(26)31-27(32)19-35-3/h4-12,21,23-24,33H,13-20H2,1-3H3,(H,30,34)/t21-,23-,24+,29+/m1/s1. The van der Waals surface area contributed by atoms with Gasteiger partial charge in [-0.15, -0.1) is 0 Å². The van der Waals surface area contributed by atoms with Gasteiger partial charge in [-0.1, -0.05) is 62.7 Å². The molecular formula is C29H39N3O3. The molecule has 1 aliphatic carbocycles. The van der Waals surface area contributed by atoms with E-state index in [2.05, 4.69) is 48.4 Å². The van der Waals surface area contributed by atoms with Crippen LogP contribution in [0.4, 0.5) is 0 Å². The van der Waals surface area contributed by atoms with Crippen LogP contribution in [0.1, 0.15) is 63.3 Å². The maximum Gasteiger partial charge on any atom is 0.240 e. The van der Waals surface area contributed by atoms with Crippen molar-refractivity contribution in [1.29, 1.82) is 0 Å². The first-order valence-electron chi connectivity index (χ1n) is 12.8. The molecule has 1 heterocycles. The average molecular weight is 478 g/mol. The third kappa shape index (κ3) is 6.50. The number of hydrogen-bond donors (Lipinski definition) is 2. The summed E-state index contributed by atoms with van der Waals surface area (Å²) in [4.78, 5) is 17.8. The number of rotatable bonds is 7. The van der Waals surface area contributed by atoms with Gasteiger partial charge in [0.1, 0.15) is 19.0 Å². The SMILES string of the molecule is COCc1nc2ccccc2n1CC(=O)NC[C@@]1(C)CC[C@@H](C)C[C@H](O)C[C@@H](c2ccccc2)C1. The highest BCUT2D eigenvalue weighted by Crippen LogP contribution is 2.41. The number of amides is 1. The van der Waals surface area contributed by atoms with E-state index < -0.39 is 0 Å². The number of ether oxygens (including phenoxy) is 1. The molecule has 4 rings (SSSR count). The molecule has 2 aromatic carbocycles. The van der Waals surface area contributed by atoms with E-state index in [1.165, 1.54) is 5.56 Å². The number of hydrogen-bond acceptors (Lipinski definition) is 4. The number of para-hydroxylation sites is 2. The van der Waals surface area contributed by atoms with Crippen LogP contribution in [-0.4, -0.2) is 40.3 Å². The van der Waals surface area contributed by atoms with Gasteiger partial charge < -0.3 is 19.7 Å². The molecule has 1 saturated carbocycles. The van der Waals surface area contributed by atoms with Crippen LogP contribution in [0.15, 0.2) is 54.6 Å². The van der Waals surface area contributed by atoms with Crippen molar-refractivity contribution in [2.24, 2.45) is 11.3 Å². The summed E-state index contributed by atoms with van der Waals surface area (Å²) in [5.74, 6) is 1.47. The molecule has 6 nitrogen and oxygen atoms in total. The largest absolute Gasteiger partial charge is 0.393 e. The Labute approximate surface area is 208 Å². The van der Waals surface area contributed by atoms with Crippen molar-refractivity contribution < 1.29 is 14.6 Å². The molecule has 4 atom stereocenters. The molecule has 35 heavy (non-hydrogen) atoms. The Hall–Kier alpha value is -2.70. The van der Waals surface area contributed by atoms with Gasteiger partial charge in [0, 0.05) is 13.7 Å². The van der Waals surface area contributed by atoms with Crippen LogP contribution in [0, 0.1) is 11.3 Å². The number of nitrogens with one attached hydrogen (secondary N) is 1. The van der Waals surface area contributed by atoms with E-state index in [4.69, 9.17) is 4.74 Å². The lowest BCUT2D eigenvalue weighted by Crippen LogP contribution is -2.38. The number of benzene rings is 2. The summed E-state index contributed by atoms with van der Waals surface area (Å²) in [5.41, 5.74) is 3.03. The van der Waals surface area contributed by atoms with Crippen LogP contribution in [0.3, 0.4) is 0 Å². The van der Waals surface area contributed by atoms with Crippen molar-refractivity contribution in [3.8, 4) is 0 Å². The second-order valence-corrected chi connectivity index (χ2v) is 10.7. The number of methoxy groups -OCH3 is 1. The number of carbonyl (C=O) groups is 1. The monoisotopic (exact) mass is 477 g/mol. The summed E-state index contributed by atoms with van der Waals surface area (Å²) in [6.45, 7) is 5.71. The van der Waals surface area contributed by atoms with Crippen molar-refractivity contribution in [1.82, 2.24) is 14.9 Å². The normalized spacial score (nSPS) is 25.5. The van der Waals surface area contributed by atoms with E-state index in [0.717, 1.165) is 49.0 Å². The smallest absolute Gasteiger partial charge is 0.240 e. The van der Waals surface area contributed by atoms with Gasteiger partial charge in [-0.25, -0.2) is 4.98 Å². The van der Waals surface area contributed by atoms with Crippen LogP contribution in [0.5, 0.6) is 0 Å². The van der Waals surface area contributed by atoms with E-state index in [9.17, 15) is 9.90 Å². The van der Waals surface area contributed by atoms with Crippen molar-refractivity contribution in [3.05, 3.63) is 66.0 Å².